The second-order valence-electron chi connectivity index (χ2n) is 7.97. The predicted octanol–water partition coefficient (Wildman–Crippen LogP) is 1.23. The van der Waals surface area contributed by atoms with Crippen LogP contribution in [0, 0.1) is 28.6 Å². The molecule has 0 heterocycles. The molecule has 0 radical (unpaired) electrons. The van der Waals surface area contributed by atoms with E-state index in [-0.39, 0.29) is 12.6 Å². The quantitative estimate of drug-likeness (QED) is 0.332. The first-order valence-electron chi connectivity index (χ1n) is 9.06. The molecule has 3 fully saturated rings. The van der Waals surface area contributed by atoms with Crippen molar-refractivity contribution in [1.29, 1.82) is 5.41 Å². The summed E-state index contributed by atoms with van der Waals surface area (Å²) >= 11 is 3.26. The number of nitrogens with one attached hydrogen (secondary N) is 3. The van der Waals surface area contributed by atoms with E-state index in [1.807, 2.05) is 0 Å². The molecule has 8 nitrogen and oxygen atoms in total. The highest BCUT2D eigenvalue weighted by Crippen LogP contribution is 2.61. The molecule has 3 aliphatic carbocycles. The highest BCUT2D eigenvalue weighted by Gasteiger charge is 2.56. The molecule has 1 unspecified atom stereocenters. The van der Waals surface area contributed by atoms with Gasteiger partial charge in [0.2, 0.25) is 11.8 Å². The van der Waals surface area contributed by atoms with Gasteiger partial charge in [0, 0.05) is 6.21 Å². The number of carbonyl (C=O) groups excluding carboxylic acids is 2. The van der Waals surface area contributed by atoms with Crippen LogP contribution in [0.5, 0.6) is 0 Å². The average Bonchev–Trinajstić information content (AvgIpc) is 2.62. The Morgan fingerprint density at radius 3 is 2.48 bits per heavy atom. The number of nitrogens with zero attached hydrogens (tertiary/aromatic N) is 1. The lowest BCUT2D eigenvalue weighted by molar-refractivity contribution is -0.137. The lowest BCUT2D eigenvalue weighted by Gasteiger charge is -2.61. The van der Waals surface area contributed by atoms with Crippen LogP contribution in [0.25, 0.3) is 0 Å². The van der Waals surface area contributed by atoms with Crippen molar-refractivity contribution in [2.24, 2.45) is 28.2 Å². The van der Waals surface area contributed by atoms with E-state index in [0.29, 0.717) is 28.9 Å². The van der Waals surface area contributed by atoms with Gasteiger partial charge in [-0.2, -0.15) is 0 Å². The summed E-state index contributed by atoms with van der Waals surface area (Å²) < 4.78 is 0. The fourth-order valence-electron chi connectivity index (χ4n) is 4.29. The van der Waals surface area contributed by atoms with Crippen molar-refractivity contribution in [3.05, 3.63) is 0 Å². The van der Waals surface area contributed by atoms with Gasteiger partial charge in [-0.25, -0.2) is 0 Å². The number of rotatable bonds is 8. The van der Waals surface area contributed by atoms with Crippen LogP contribution in [0.15, 0.2) is 4.99 Å². The zero-order chi connectivity index (χ0) is 20.4. The molecule has 9 heteroatoms. The summed E-state index contributed by atoms with van der Waals surface area (Å²) in [6.45, 7) is 5.95. The van der Waals surface area contributed by atoms with Gasteiger partial charge in [-0.3, -0.25) is 19.4 Å². The molecule has 2 bridgehead atoms. The van der Waals surface area contributed by atoms with Crippen LogP contribution >= 0.6 is 15.9 Å². The molecule has 3 aliphatic rings. The van der Waals surface area contributed by atoms with Crippen LogP contribution in [-0.4, -0.2) is 58.8 Å². The smallest absolute Gasteiger partial charge is 0.322 e. The second-order valence-corrected chi connectivity index (χ2v) is 8.89. The van der Waals surface area contributed by atoms with Crippen molar-refractivity contribution in [3.63, 3.8) is 0 Å². The van der Waals surface area contributed by atoms with Gasteiger partial charge in [-0.05, 0) is 36.0 Å². The number of alkyl halides is 1. The molecule has 0 aromatic heterocycles. The molecule has 3 saturated carbocycles. The number of aliphatic carboxylic acids is 1. The first-order chi connectivity index (χ1) is 12.6. The molecular weight excluding hydrogens is 416 g/mol. The van der Waals surface area contributed by atoms with Gasteiger partial charge >= 0.3 is 5.97 Å². The molecule has 150 valence electrons. The Bertz CT molecular complexity index is 664. The molecule has 4 N–H and O–H groups in total. The molecule has 0 saturated heterocycles. The summed E-state index contributed by atoms with van der Waals surface area (Å²) in [5.74, 6) is -0.616. The Labute approximate surface area is 167 Å². The SMILES string of the molecule is C[C@@H]1[C@H]2C[C@@H](C[C@H]1N=C(C=N)C(Br)C(=O)NCC(=O)NCC(=O)O)C2(C)C. The highest BCUT2D eigenvalue weighted by atomic mass is 79.9. The molecule has 0 aromatic rings. The Morgan fingerprint density at radius 2 is 1.96 bits per heavy atom. The number of carboxylic acid groups (broad SMARTS) is 1. The number of aliphatic imine (C=N–C) groups is 1. The zero-order valence-electron chi connectivity index (χ0n) is 15.8. The Kier molecular flexibility index (Phi) is 6.77. The Morgan fingerprint density at radius 1 is 1.30 bits per heavy atom. The topological polar surface area (TPSA) is 132 Å². The monoisotopic (exact) mass is 442 g/mol. The minimum atomic E-state index is -1.16. The number of carboxylic acids is 1. The summed E-state index contributed by atoms with van der Waals surface area (Å²) in [7, 11) is 0. The van der Waals surface area contributed by atoms with E-state index in [1.54, 1.807) is 0 Å². The Hall–Kier alpha value is -1.77. The standard InChI is InChI=1S/C18H27BrN4O4/c1-9-11-4-10(18(11,2)3)5-12(9)23-13(6-20)16(19)17(27)22-7-14(24)21-8-15(25)26/h6,9-12,16,20H,4-5,7-8H2,1-3H3,(H,21,24)(H,22,27)(H,25,26)/t9-,10+,11-,12-,16?/m1/s1. The van der Waals surface area contributed by atoms with E-state index in [1.165, 1.54) is 6.42 Å². The molecule has 0 spiro atoms. The maximum Gasteiger partial charge on any atom is 0.322 e. The second kappa shape index (κ2) is 8.50. The number of hydrogen-bond acceptors (Lipinski definition) is 5. The first kappa shape index (κ1) is 21.5. The van der Waals surface area contributed by atoms with E-state index >= 15 is 0 Å². The van der Waals surface area contributed by atoms with E-state index in [0.717, 1.165) is 12.6 Å². The van der Waals surface area contributed by atoms with Crippen LogP contribution in [0.4, 0.5) is 0 Å². The summed E-state index contributed by atoms with van der Waals surface area (Å²) in [4.78, 5) is 38.0. The molecule has 0 aliphatic heterocycles. The van der Waals surface area contributed by atoms with Crippen LogP contribution in [0.1, 0.15) is 33.6 Å². The summed E-state index contributed by atoms with van der Waals surface area (Å²) in [5.41, 5.74) is 0.666. The van der Waals surface area contributed by atoms with E-state index in [2.05, 4.69) is 52.3 Å². The maximum atomic E-state index is 12.2. The molecule has 2 amide bonds. The van der Waals surface area contributed by atoms with E-state index in [4.69, 9.17) is 10.5 Å². The van der Waals surface area contributed by atoms with Gasteiger partial charge in [0.05, 0.1) is 18.3 Å². The third-order valence-electron chi connectivity index (χ3n) is 6.13. The number of amides is 2. The molecule has 27 heavy (non-hydrogen) atoms. The van der Waals surface area contributed by atoms with Crippen LogP contribution < -0.4 is 10.6 Å². The van der Waals surface area contributed by atoms with E-state index in [9.17, 15) is 14.4 Å². The van der Waals surface area contributed by atoms with Crippen LogP contribution in [0.3, 0.4) is 0 Å². The molecule has 0 aromatic carbocycles. The minimum absolute atomic E-state index is 0.0880. The number of hydrogen-bond donors (Lipinski definition) is 4. The van der Waals surface area contributed by atoms with Crippen molar-refractivity contribution < 1.29 is 19.5 Å². The molecule has 5 atom stereocenters. The third-order valence-corrected chi connectivity index (χ3v) is 7.01. The summed E-state index contributed by atoms with van der Waals surface area (Å²) in [6.07, 6.45) is 3.26. The first-order valence-corrected chi connectivity index (χ1v) is 9.97. The van der Waals surface area contributed by atoms with Gasteiger partial charge in [0.25, 0.3) is 0 Å². The van der Waals surface area contributed by atoms with E-state index < -0.39 is 29.2 Å². The van der Waals surface area contributed by atoms with Crippen molar-refractivity contribution >= 4 is 45.6 Å². The van der Waals surface area contributed by atoms with Gasteiger partial charge in [-0.1, -0.05) is 36.7 Å². The largest absolute Gasteiger partial charge is 0.480 e. The number of halogens is 1. The fourth-order valence-corrected chi connectivity index (χ4v) is 4.70. The maximum absolute atomic E-state index is 12.2. The number of carbonyl (C=O) groups is 3. The molecule has 3 rings (SSSR count). The molecular formula is C18H27BrN4O4. The lowest BCUT2D eigenvalue weighted by atomic mass is 9.45. The third kappa shape index (κ3) is 4.75. The average molecular weight is 443 g/mol. The Balaban J connectivity index is 1.93. The minimum Gasteiger partial charge on any atom is -0.480 e. The van der Waals surface area contributed by atoms with Crippen molar-refractivity contribution in [3.8, 4) is 0 Å². The van der Waals surface area contributed by atoms with Crippen molar-refractivity contribution in [2.45, 2.75) is 44.5 Å². The summed E-state index contributed by atoms with van der Waals surface area (Å²) in [6, 6.07) is 0.0880. The van der Waals surface area contributed by atoms with Gasteiger partial charge in [0.15, 0.2) is 0 Å². The van der Waals surface area contributed by atoms with Gasteiger partial charge in [0.1, 0.15) is 11.4 Å². The highest BCUT2D eigenvalue weighted by molar-refractivity contribution is 9.10. The van der Waals surface area contributed by atoms with Crippen LogP contribution in [0.2, 0.25) is 0 Å². The normalized spacial score (nSPS) is 29.9. The number of fused-ring (bicyclic) bond motifs is 2. The van der Waals surface area contributed by atoms with Crippen molar-refractivity contribution in [2.75, 3.05) is 13.1 Å². The van der Waals surface area contributed by atoms with Crippen molar-refractivity contribution in [1.82, 2.24) is 10.6 Å². The lowest BCUT2D eigenvalue weighted by Crippen LogP contribution is -2.56. The van der Waals surface area contributed by atoms with Crippen LogP contribution in [-0.2, 0) is 14.4 Å². The zero-order valence-corrected chi connectivity index (χ0v) is 17.4. The van der Waals surface area contributed by atoms with Gasteiger partial charge in [-0.15, -0.1) is 0 Å². The predicted molar refractivity (Wildman–Crippen MR) is 106 cm³/mol. The van der Waals surface area contributed by atoms with Gasteiger partial charge < -0.3 is 21.1 Å². The summed E-state index contributed by atoms with van der Waals surface area (Å²) in [5, 5.41) is 20.7. The fraction of sp³-hybridized carbons (Fsp3) is 0.722.